The third-order valence-corrected chi connectivity index (χ3v) is 11.0. The molecule has 12 heteroatoms. The Labute approximate surface area is 295 Å². The molecule has 0 radical (unpaired) electrons. The average molecular weight is 705 g/mol. The van der Waals surface area contributed by atoms with Gasteiger partial charge in [-0.05, 0) is 99.3 Å². The number of esters is 4. The maximum Gasteiger partial charge on any atom is 0.317 e. The lowest BCUT2D eigenvalue weighted by Gasteiger charge is -2.32. The van der Waals surface area contributed by atoms with Crippen LogP contribution in [0.25, 0.3) is 0 Å². The number of fused-ring (bicyclic) bond motifs is 1. The molecule has 3 heterocycles. The number of ether oxygens (including phenoxy) is 5. The molecule has 280 valence electrons. The quantitative estimate of drug-likeness (QED) is 0.156. The smallest absolute Gasteiger partial charge is 0.317 e. The molecule has 4 fully saturated rings. The van der Waals surface area contributed by atoms with E-state index in [-0.39, 0.29) is 52.8 Å². The molecule has 1 N–H and O–H groups in total. The predicted molar refractivity (Wildman–Crippen MR) is 181 cm³/mol. The molecule has 3 saturated heterocycles. The molecular formula is C38H56O12. The van der Waals surface area contributed by atoms with Crippen LogP contribution >= 0.6 is 0 Å². The Hall–Kier alpha value is -3.54. The van der Waals surface area contributed by atoms with Gasteiger partial charge >= 0.3 is 23.9 Å². The minimum atomic E-state index is -0.748. The van der Waals surface area contributed by atoms with Gasteiger partial charge in [-0.2, -0.15) is 0 Å². The first-order valence-electron chi connectivity index (χ1n) is 17.9. The van der Waals surface area contributed by atoms with Crippen molar-refractivity contribution in [3.63, 3.8) is 0 Å². The van der Waals surface area contributed by atoms with Gasteiger partial charge in [0.15, 0.2) is 23.7 Å². The highest BCUT2D eigenvalue weighted by atomic mass is 16.7. The van der Waals surface area contributed by atoms with Crippen LogP contribution in [-0.4, -0.2) is 70.6 Å². The summed E-state index contributed by atoms with van der Waals surface area (Å²) in [6.45, 7) is 18.9. The van der Waals surface area contributed by atoms with Gasteiger partial charge in [0.1, 0.15) is 11.7 Å². The third kappa shape index (κ3) is 9.03. The second-order valence-electron chi connectivity index (χ2n) is 15.8. The van der Waals surface area contributed by atoms with E-state index in [1.54, 1.807) is 13.8 Å². The first-order chi connectivity index (χ1) is 23.2. The number of hydrogen-bond donors (Lipinski definition) is 1. The number of aliphatic hydroxyl groups excluding tert-OH is 1. The summed E-state index contributed by atoms with van der Waals surface area (Å²) in [7, 11) is 0. The number of carbonyl (C=O) groups excluding carboxylic acids is 6. The number of ketones is 2. The van der Waals surface area contributed by atoms with Crippen LogP contribution in [0.4, 0.5) is 0 Å². The van der Waals surface area contributed by atoms with Gasteiger partial charge in [-0.15, -0.1) is 0 Å². The summed E-state index contributed by atoms with van der Waals surface area (Å²) in [5.41, 5.74) is -1.70. The van der Waals surface area contributed by atoms with E-state index in [1.165, 1.54) is 12.8 Å². The van der Waals surface area contributed by atoms with Crippen molar-refractivity contribution in [2.75, 3.05) is 0 Å². The maximum atomic E-state index is 12.1. The number of hydrogen-bond acceptors (Lipinski definition) is 12. The Kier molecular flexibility index (Phi) is 12.9. The zero-order valence-electron chi connectivity index (χ0n) is 31.3. The lowest BCUT2D eigenvalue weighted by molar-refractivity contribution is -0.170. The summed E-state index contributed by atoms with van der Waals surface area (Å²) in [5.74, 6) is -3.63. The summed E-state index contributed by atoms with van der Waals surface area (Å²) < 4.78 is 27.1. The molecule has 2 bridgehead atoms. The maximum absolute atomic E-state index is 12.1. The highest BCUT2D eigenvalue weighted by Crippen LogP contribution is 2.48. The molecule has 1 saturated carbocycles. The zero-order chi connectivity index (χ0) is 37.8. The molecule has 5 rings (SSSR count). The van der Waals surface area contributed by atoms with Crippen LogP contribution in [-0.2, 0) is 52.5 Å². The Morgan fingerprint density at radius 1 is 0.800 bits per heavy atom. The number of aliphatic hydroxyl groups is 1. The van der Waals surface area contributed by atoms with Gasteiger partial charge in [0.25, 0.3) is 0 Å². The number of allylic oxidation sites excluding steroid dienone is 2. The molecule has 5 unspecified atom stereocenters. The first kappa shape index (κ1) is 40.9. The average Bonchev–Trinajstić information content (AvgIpc) is 3.84. The molecule has 12 nitrogen and oxygen atoms in total. The van der Waals surface area contributed by atoms with Crippen molar-refractivity contribution < 1.29 is 57.6 Å². The first-order valence-corrected chi connectivity index (χ1v) is 17.9. The standard InChI is InChI=1S/C13H18O5.C13H24O2.C12H14O5/c1-4-13(2,3)12(15)18-9-7-5-6-8(16-7)10(9)17-11(6)14;1-5-12(3,4)11(14)15-13(6-2)9-7-8-10-13;1-4-12(2,3)11(16)17-10-6-8(14)7(13)5-9(10)15/h6-10H,4-5H2,1-3H3;5-10H2,1-4H3;5-6,13H,4H2,1-3H3. The lowest BCUT2D eigenvalue weighted by atomic mass is 9.87. The van der Waals surface area contributed by atoms with E-state index in [0.29, 0.717) is 19.3 Å². The zero-order valence-corrected chi connectivity index (χ0v) is 31.3. The Balaban J connectivity index is 0.000000204. The summed E-state index contributed by atoms with van der Waals surface area (Å²) in [5, 5.41) is 9.01. The fourth-order valence-corrected chi connectivity index (χ4v) is 5.83. The fourth-order valence-electron chi connectivity index (χ4n) is 5.83. The molecule has 0 spiro atoms. The molecule has 0 aromatic carbocycles. The normalized spacial score (nSPS) is 26.4. The van der Waals surface area contributed by atoms with Gasteiger partial charge in [-0.3, -0.25) is 28.8 Å². The van der Waals surface area contributed by atoms with Crippen LogP contribution in [0.2, 0.25) is 0 Å². The van der Waals surface area contributed by atoms with Gasteiger partial charge in [0.2, 0.25) is 11.6 Å². The molecule has 5 atom stereocenters. The Bertz CT molecular complexity index is 1390. The lowest BCUT2D eigenvalue weighted by Crippen LogP contribution is -2.42. The molecule has 2 aliphatic carbocycles. The van der Waals surface area contributed by atoms with E-state index < -0.39 is 46.3 Å². The van der Waals surface area contributed by atoms with Crippen LogP contribution in [0.3, 0.4) is 0 Å². The van der Waals surface area contributed by atoms with E-state index in [9.17, 15) is 28.8 Å². The summed E-state index contributed by atoms with van der Waals surface area (Å²) >= 11 is 0. The predicted octanol–water partition coefficient (Wildman–Crippen LogP) is 6.18. The van der Waals surface area contributed by atoms with Crippen LogP contribution < -0.4 is 0 Å². The van der Waals surface area contributed by atoms with E-state index in [4.69, 9.17) is 28.8 Å². The van der Waals surface area contributed by atoms with Gasteiger partial charge in [-0.25, -0.2) is 0 Å². The van der Waals surface area contributed by atoms with Crippen LogP contribution in [0.1, 0.15) is 127 Å². The van der Waals surface area contributed by atoms with E-state index in [2.05, 4.69) is 6.92 Å². The topological polar surface area (TPSA) is 169 Å². The van der Waals surface area contributed by atoms with Gasteiger partial charge in [0.05, 0.1) is 28.3 Å². The van der Waals surface area contributed by atoms with E-state index in [0.717, 1.165) is 37.8 Å². The van der Waals surface area contributed by atoms with Crippen molar-refractivity contribution in [2.45, 2.75) is 157 Å². The monoisotopic (exact) mass is 704 g/mol. The van der Waals surface area contributed by atoms with Crippen molar-refractivity contribution in [3.8, 4) is 0 Å². The van der Waals surface area contributed by atoms with Crippen LogP contribution in [0.5, 0.6) is 0 Å². The van der Waals surface area contributed by atoms with Crippen molar-refractivity contribution in [2.24, 2.45) is 22.2 Å². The van der Waals surface area contributed by atoms with Gasteiger partial charge < -0.3 is 28.8 Å². The molecule has 0 aromatic rings. The van der Waals surface area contributed by atoms with Gasteiger partial charge in [0, 0.05) is 12.2 Å². The molecule has 3 aliphatic heterocycles. The SMILES string of the molecule is CCC(C)(C)C(=O)OC1=CC(=O)C(O)=CC1=O.CCC(C)(C)C(=O)OC1C2CC3C(=O)OC1C3O2.CCC1(OC(=O)C(C)(C)CC)CCCC1. The summed E-state index contributed by atoms with van der Waals surface area (Å²) in [6, 6.07) is 0. The minimum Gasteiger partial charge on any atom is -0.504 e. The van der Waals surface area contributed by atoms with Crippen molar-refractivity contribution in [1.29, 1.82) is 0 Å². The second-order valence-corrected chi connectivity index (χ2v) is 15.8. The number of rotatable bonds is 10. The van der Waals surface area contributed by atoms with Crippen LogP contribution in [0, 0.1) is 22.2 Å². The van der Waals surface area contributed by atoms with Crippen molar-refractivity contribution in [1.82, 2.24) is 0 Å². The highest BCUT2D eigenvalue weighted by molar-refractivity contribution is 6.18. The fraction of sp³-hybridized carbons (Fsp3) is 0.737. The summed E-state index contributed by atoms with van der Waals surface area (Å²) in [4.78, 5) is 69.8. The largest absolute Gasteiger partial charge is 0.504 e. The highest BCUT2D eigenvalue weighted by Gasteiger charge is 2.65. The molecular weight excluding hydrogens is 648 g/mol. The minimum absolute atomic E-state index is 0.0197. The van der Waals surface area contributed by atoms with Crippen LogP contribution in [0.15, 0.2) is 23.7 Å². The third-order valence-electron chi connectivity index (χ3n) is 11.0. The van der Waals surface area contributed by atoms with Crippen molar-refractivity contribution >= 4 is 35.4 Å². The number of carbonyl (C=O) groups is 6. The van der Waals surface area contributed by atoms with Crippen molar-refractivity contribution in [3.05, 3.63) is 23.7 Å². The Morgan fingerprint density at radius 2 is 1.34 bits per heavy atom. The molecule has 0 amide bonds. The molecule has 50 heavy (non-hydrogen) atoms. The Morgan fingerprint density at radius 3 is 1.88 bits per heavy atom. The molecule has 0 aromatic heterocycles. The van der Waals surface area contributed by atoms with E-state index in [1.807, 2.05) is 48.5 Å². The summed E-state index contributed by atoms with van der Waals surface area (Å²) in [6.07, 6.45) is 8.54. The second kappa shape index (κ2) is 15.8. The molecule has 5 aliphatic rings. The van der Waals surface area contributed by atoms with E-state index >= 15 is 0 Å². The van der Waals surface area contributed by atoms with Gasteiger partial charge in [-0.1, -0.05) is 27.7 Å².